The van der Waals surface area contributed by atoms with Gasteiger partial charge in [0.2, 0.25) is 11.7 Å². The minimum absolute atomic E-state index is 0.192. The molecule has 156 valence electrons. The molecule has 8 nitrogen and oxygen atoms in total. The van der Waals surface area contributed by atoms with Gasteiger partial charge in [0.1, 0.15) is 17.5 Å². The van der Waals surface area contributed by atoms with Crippen molar-refractivity contribution in [1.82, 2.24) is 15.0 Å². The first-order chi connectivity index (χ1) is 14.7. The molecule has 2 heterocycles. The van der Waals surface area contributed by atoms with Crippen molar-refractivity contribution in [2.24, 2.45) is 0 Å². The van der Waals surface area contributed by atoms with E-state index in [2.05, 4.69) is 15.5 Å². The molecule has 30 heavy (non-hydrogen) atoms. The predicted molar refractivity (Wildman–Crippen MR) is 112 cm³/mol. The molecule has 0 radical (unpaired) electrons. The number of amides is 2. The molecule has 1 aliphatic heterocycles. The van der Waals surface area contributed by atoms with E-state index in [9.17, 15) is 4.79 Å². The van der Waals surface area contributed by atoms with Crippen LogP contribution in [0, 0.1) is 0 Å². The number of nitrogens with one attached hydrogen (secondary N) is 1. The third-order valence-corrected chi connectivity index (χ3v) is 4.98. The van der Waals surface area contributed by atoms with E-state index in [1.54, 1.807) is 12.0 Å². The van der Waals surface area contributed by atoms with Crippen LogP contribution < -0.4 is 14.8 Å². The zero-order chi connectivity index (χ0) is 20.9. The van der Waals surface area contributed by atoms with Crippen LogP contribution in [0.5, 0.6) is 11.5 Å². The molecule has 2 aromatic carbocycles. The Morgan fingerprint density at radius 2 is 2.07 bits per heavy atom. The second-order valence-electron chi connectivity index (χ2n) is 6.93. The molecule has 0 bridgehead atoms. The van der Waals surface area contributed by atoms with Crippen molar-refractivity contribution in [2.75, 3.05) is 25.6 Å². The highest BCUT2D eigenvalue weighted by atomic mass is 16.5. The molecule has 2 amide bonds. The molecule has 0 unspecified atom stereocenters. The van der Waals surface area contributed by atoms with Crippen molar-refractivity contribution in [2.45, 2.75) is 25.8 Å². The number of likely N-dealkylation sites (tertiary alicyclic amines) is 1. The lowest BCUT2D eigenvalue weighted by Crippen LogP contribution is -2.34. The Labute approximate surface area is 174 Å². The molecule has 1 aromatic heterocycles. The molecule has 8 heteroatoms. The van der Waals surface area contributed by atoms with Gasteiger partial charge in [0.15, 0.2) is 0 Å². The van der Waals surface area contributed by atoms with Crippen LogP contribution in [0.1, 0.15) is 31.7 Å². The molecule has 1 fully saturated rings. The van der Waals surface area contributed by atoms with Crippen LogP contribution in [0.3, 0.4) is 0 Å². The Hall–Kier alpha value is -3.55. The summed E-state index contributed by atoms with van der Waals surface area (Å²) in [6.07, 6.45) is 1.65. The van der Waals surface area contributed by atoms with Crippen molar-refractivity contribution in [3.05, 3.63) is 54.4 Å². The normalized spacial score (nSPS) is 15.8. The molecule has 3 aromatic rings. The molecule has 1 saturated heterocycles. The third kappa shape index (κ3) is 4.22. The number of rotatable bonds is 6. The lowest BCUT2D eigenvalue weighted by Gasteiger charge is -2.22. The van der Waals surface area contributed by atoms with E-state index >= 15 is 0 Å². The lowest BCUT2D eigenvalue weighted by atomic mass is 10.2. The molecule has 1 atom stereocenters. The number of anilines is 1. The number of hydrogen-bond donors (Lipinski definition) is 1. The van der Waals surface area contributed by atoms with Gasteiger partial charge in [-0.05, 0) is 56.2 Å². The Kier molecular flexibility index (Phi) is 5.83. The Morgan fingerprint density at radius 3 is 2.83 bits per heavy atom. The van der Waals surface area contributed by atoms with Gasteiger partial charge < -0.3 is 24.2 Å². The van der Waals surface area contributed by atoms with Gasteiger partial charge >= 0.3 is 6.03 Å². The molecule has 1 aliphatic rings. The van der Waals surface area contributed by atoms with Gasteiger partial charge in [-0.25, -0.2) is 4.79 Å². The summed E-state index contributed by atoms with van der Waals surface area (Å²) in [5.74, 6) is 2.40. The zero-order valence-electron chi connectivity index (χ0n) is 17.0. The highest BCUT2D eigenvalue weighted by molar-refractivity contribution is 5.89. The summed E-state index contributed by atoms with van der Waals surface area (Å²) >= 11 is 0. The second-order valence-corrected chi connectivity index (χ2v) is 6.93. The highest BCUT2D eigenvalue weighted by Gasteiger charge is 2.34. The van der Waals surface area contributed by atoms with E-state index in [0.717, 1.165) is 29.9 Å². The van der Waals surface area contributed by atoms with E-state index < -0.39 is 0 Å². The Morgan fingerprint density at radius 1 is 1.23 bits per heavy atom. The van der Waals surface area contributed by atoms with Crippen LogP contribution in [-0.4, -0.2) is 41.3 Å². The molecule has 0 spiro atoms. The number of benzene rings is 2. The number of carbonyl (C=O) groups is 1. The van der Waals surface area contributed by atoms with Crippen molar-refractivity contribution in [3.63, 3.8) is 0 Å². The number of hydrogen-bond acceptors (Lipinski definition) is 6. The summed E-state index contributed by atoms with van der Waals surface area (Å²) in [5, 5.41) is 7.03. The first-order valence-corrected chi connectivity index (χ1v) is 9.96. The monoisotopic (exact) mass is 408 g/mol. The Balaban J connectivity index is 1.47. The molecular weight excluding hydrogens is 384 g/mol. The predicted octanol–water partition coefficient (Wildman–Crippen LogP) is 4.51. The van der Waals surface area contributed by atoms with Crippen LogP contribution >= 0.6 is 0 Å². The minimum atomic E-state index is -0.250. The van der Waals surface area contributed by atoms with Gasteiger partial charge in [0.25, 0.3) is 0 Å². The number of methoxy groups -OCH3 is 1. The van der Waals surface area contributed by atoms with Crippen LogP contribution in [-0.2, 0) is 0 Å². The van der Waals surface area contributed by atoms with Crippen LogP contribution in [0.15, 0.2) is 53.1 Å². The standard InChI is InChI=1S/C22H24N4O4/c1-3-29-17-11-9-16(10-12-17)23-22(27)26-13-5-8-19(26)21-24-20(25-30-21)15-6-4-7-18(14-15)28-2/h4,6-7,9-12,14,19H,3,5,8,13H2,1-2H3,(H,23,27)/t19-/m0/s1. The van der Waals surface area contributed by atoms with Crippen molar-refractivity contribution in [3.8, 4) is 22.9 Å². The van der Waals surface area contributed by atoms with Gasteiger partial charge in [-0.2, -0.15) is 4.98 Å². The van der Waals surface area contributed by atoms with Crippen LogP contribution in [0.25, 0.3) is 11.4 Å². The average Bonchev–Trinajstić information content (AvgIpc) is 3.45. The summed E-state index contributed by atoms with van der Waals surface area (Å²) in [6.45, 7) is 3.16. The van der Waals surface area contributed by atoms with Gasteiger partial charge in [0, 0.05) is 17.8 Å². The topological polar surface area (TPSA) is 89.7 Å². The summed E-state index contributed by atoms with van der Waals surface area (Å²) in [4.78, 5) is 19.1. The largest absolute Gasteiger partial charge is 0.497 e. The highest BCUT2D eigenvalue weighted by Crippen LogP contribution is 2.33. The molecule has 1 N–H and O–H groups in total. The van der Waals surface area contributed by atoms with Crippen LogP contribution in [0.2, 0.25) is 0 Å². The SMILES string of the molecule is CCOc1ccc(NC(=O)N2CCC[C@H]2c2nc(-c3cccc(OC)c3)no2)cc1. The van der Waals surface area contributed by atoms with Gasteiger partial charge in [-0.1, -0.05) is 17.3 Å². The fraction of sp³-hybridized carbons (Fsp3) is 0.318. The number of urea groups is 1. The van der Waals surface area contributed by atoms with Gasteiger partial charge in [-0.15, -0.1) is 0 Å². The summed E-state index contributed by atoms with van der Waals surface area (Å²) in [6, 6.07) is 14.3. The quantitative estimate of drug-likeness (QED) is 0.645. The number of carbonyl (C=O) groups excluding carboxylic acids is 1. The maximum atomic E-state index is 12.8. The van der Waals surface area contributed by atoms with Gasteiger partial charge in [0.05, 0.1) is 13.7 Å². The van der Waals surface area contributed by atoms with Crippen LogP contribution in [0.4, 0.5) is 10.5 Å². The van der Waals surface area contributed by atoms with E-state index in [4.69, 9.17) is 14.0 Å². The maximum absolute atomic E-state index is 12.8. The van der Waals surface area contributed by atoms with E-state index in [1.165, 1.54) is 0 Å². The summed E-state index contributed by atoms with van der Waals surface area (Å²) < 4.78 is 16.2. The van der Waals surface area contributed by atoms with E-state index in [0.29, 0.717) is 30.6 Å². The zero-order valence-corrected chi connectivity index (χ0v) is 17.0. The van der Waals surface area contributed by atoms with Gasteiger partial charge in [-0.3, -0.25) is 0 Å². The Bertz CT molecular complexity index is 1000. The number of aromatic nitrogens is 2. The fourth-order valence-corrected chi connectivity index (χ4v) is 3.51. The van der Waals surface area contributed by atoms with Crippen molar-refractivity contribution < 1.29 is 18.8 Å². The summed E-state index contributed by atoms with van der Waals surface area (Å²) in [5.41, 5.74) is 1.50. The third-order valence-electron chi connectivity index (χ3n) is 4.98. The first-order valence-electron chi connectivity index (χ1n) is 9.96. The first kappa shape index (κ1) is 19.8. The molecule has 0 aliphatic carbocycles. The number of ether oxygens (including phenoxy) is 2. The molecule has 4 rings (SSSR count). The summed E-state index contributed by atoms with van der Waals surface area (Å²) in [7, 11) is 1.61. The molecule has 0 saturated carbocycles. The maximum Gasteiger partial charge on any atom is 0.322 e. The van der Waals surface area contributed by atoms with E-state index in [1.807, 2.05) is 55.5 Å². The molecular formula is C22H24N4O4. The van der Waals surface area contributed by atoms with Crippen molar-refractivity contribution >= 4 is 11.7 Å². The minimum Gasteiger partial charge on any atom is -0.497 e. The second kappa shape index (κ2) is 8.86. The smallest absolute Gasteiger partial charge is 0.322 e. The number of nitrogens with zero attached hydrogens (tertiary/aromatic N) is 3. The van der Waals surface area contributed by atoms with Crippen molar-refractivity contribution in [1.29, 1.82) is 0 Å². The average molecular weight is 408 g/mol. The lowest BCUT2D eigenvalue weighted by molar-refractivity contribution is 0.193. The fourth-order valence-electron chi connectivity index (χ4n) is 3.51. The van der Waals surface area contributed by atoms with E-state index in [-0.39, 0.29) is 12.1 Å².